The molecule has 2 amide bonds. The molecule has 0 radical (unpaired) electrons. The molecule has 0 bridgehead atoms. The standard InChI is InChI=1S/C7H9F5N2O3/c1-5(17,3(13)15)4(16)14-2-6(8,9)7(10,11)12/h17H,2H2,1H3,(H2,13,15)(H,14,16)/t5-/m0/s1. The molecule has 5 nitrogen and oxygen atoms in total. The minimum absolute atomic E-state index is 0.566. The Bertz CT molecular complexity index is 326. The van der Waals surface area contributed by atoms with E-state index in [9.17, 15) is 31.5 Å². The van der Waals surface area contributed by atoms with Gasteiger partial charge in [0, 0.05) is 0 Å². The van der Waals surface area contributed by atoms with E-state index >= 15 is 0 Å². The number of carbonyl (C=O) groups is 2. The monoisotopic (exact) mass is 264 g/mol. The van der Waals surface area contributed by atoms with Crippen LogP contribution in [-0.2, 0) is 9.59 Å². The molecule has 0 unspecified atom stereocenters. The zero-order valence-corrected chi connectivity index (χ0v) is 8.44. The van der Waals surface area contributed by atoms with Crippen molar-refractivity contribution in [2.45, 2.75) is 24.6 Å². The fraction of sp³-hybridized carbons (Fsp3) is 0.714. The van der Waals surface area contributed by atoms with Crippen LogP contribution in [0.25, 0.3) is 0 Å². The first-order valence-corrected chi connectivity index (χ1v) is 4.07. The van der Waals surface area contributed by atoms with Gasteiger partial charge in [0.15, 0.2) is 0 Å². The number of nitrogens with two attached hydrogens (primary N) is 1. The van der Waals surface area contributed by atoms with Gasteiger partial charge in [-0.05, 0) is 6.92 Å². The predicted octanol–water partition coefficient (Wildman–Crippen LogP) is -0.464. The van der Waals surface area contributed by atoms with E-state index in [1.807, 2.05) is 0 Å². The minimum Gasteiger partial charge on any atom is -0.372 e. The number of hydrogen-bond donors (Lipinski definition) is 3. The van der Waals surface area contributed by atoms with Gasteiger partial charge in [-0.25, -0.2) is 0 Å². The third-order valence-electron chi connectivity index (χ3n) is 1.81. The highest BCUT2D eigenvalue weighted by Gasteiger charge is 2.57. The zero-order valence-electron chi connectivity index (χ0n) is 8.44. The van der Waals surface area contributed by atoms with E-state index in [-0.39, 0.29) is 0 Å². The Morgan fingerprint density at radius 3 is 1.94 bits per heavy atom. The quantitative estimate of drug-likeness (QED) is 0.473. The number of aliphatic hydroxyl groups is 1. The lowest BCUT2D eigenvalue weighted by atomic mass is 10.1. The summed E-state index contributed by atoms with van der Waals surface area (Å²) >= 11 is 0. The molecule has 0 aromatic rings. The summed E-state index contributed by atoms with van der Waals surface area (Å²) in [6.45, 7) is -1.53. The summed E-state index contributed by atoms with van der Waals surface area (Å²) in [6.07, 6.45) is -5.85. The highest BCUT2D eigenvalue weighted by Crippen LogP contribution is 2.34. The van der Waals surface area contributed by atoms with Crippen LogP contribution < -0.4 is 11.1 Å². The van der Waals surface area contributed by atoms with E-state index in [1.54, 1.807) is 0 Å². The van der Waals surface area contributed by atoms with Gasteiger partial charge >= 0.3 is 12.1 Å². The first-order chi connectivity index (χ1) is 7.32. The van der Waals surface area contributed by atoms with Gasteiger partial charge in [-0.3, -0.25) is 9.59 Å². The van der Waals surface area contributed by atoms with Crippen molar-refractivity contribution in [2.75, 3.05) is 6.54 Å². The van der Waals surface area contributed by atoms with Crippen molar-refractivity contribution in [3.8, 4) is 0 Å². The molecule has 0 aliphatic carbocycles. The smallest absolute Gasteiger partial charge is 0.372 e. The number of amides is 2. The molecular formula is C7H9F5N2O3. The first kappa shape index (κ1) is 15.5. The van der Waals surface area contributed by atoms with Crippen LogP contribution in [0.1, 0.15) is 6.92 Å². The molecule has 0 rings (SSSR count). The molecular weight excluding hydrogens is 255 g/mol. The molecule has 0 spiro atoms. The van der Waals surface area contributed by atoms with Gasteiger partial charge in [-0.2, -0.15) is 22.0 Å². The van der Waals surface area contributed by atoms with Gasteiger partial charge in [0.1, 0.15) is 0 Å². The van der Waals surface area contributed by atoms with Gasteiger partial charge in [-0.1, -0.05) is 0 Å². The topological polar surface area (TPSA) is 92.4 Å². The van der Waals surface area contributed by atoms with Crippen molar-refractivity contribution in [3.05, 3.63) is 0 Å². The van der Waals surface area contributed by atoms with Crippen LogP contribution in [-0.4, -0.2) is 41.2 Å². The van der Waals surface area contributed by atoms with Gasteiger partial charge in [0.2, 0.25) is 5.60 Å². The van der Waals surface area contributed by atoms with Gasteiger partial charge in [0.25, 0.3) is 11.8 Å². The summed E-state index contributed by atoms with van der Waals surface area (Å²) in [5, 5.41) is 10.1. The summed E-state index contributed by atoms with van der Waals surface area (Å²) in [7, 11) is 0. The van der Waals surface area contributed by atoms with Crippen molar-refractivity contribution in [1.82, 2.24) is 5.32 Å². The maximum atomic E-state index is 12.3. The number of halogens is 5. The molecule has 4 N–H and O–H groups in total. The maximum absolute atomic E-state index is 12.3. The average Bonchev–Trinajstić information content (AvgIpc) is 2.11. The molecule has 0 aliphatic rings. The molecule has 1 atom stereocenters. The molecule has 17 heavy (non-hydrogen) atoms. The number of carbonyl (C=O) groups excluding carboxylic acids is 2. The number of primary amides is 1. The molecule has 0 heterocycles. The van der Waals surface area contributed by atoms with Crippen molar-refractivity contribution < 1.29 is 36.6 Å². The van der Waals surface area contributed by atoms with Gasteiger partial charge in [0.05, 0.1) is 6.54 Å². The summed E-state index contributed by atoms with van der Waals surface area (Å²) in [5.74, 6) is -8.49. The van der Waals surface area contributed by atoms with E-state index in [4.69, 9.17) is 5.11 Å². The first-order valence-electron chi connectivity index (χ1n) is 4.07. The molecule has 0 aromatic carbocycles. The second kappa shape index (κ2) is 4.43. The van der Waals surface area contributed by atoms with E-state index < -0.39 is 36.1 Å². The Labute approximate surface area is 91.8 Å². The lowest BCUT2D eigenvalue weighted by Crippen LogP contribution is -2.56. The Balaban J connectivity index is 4.61. The fourth-order valence-corrected chi connectivity index (χ4v) is 0.576. The summed E-state index contributed by atoms with van der Waals surface area (Å²) < 4.78 is 59.7. The minimum atomic E-state index is -5.85. The van der Waals surface area contributed by atoms with E-state index in [2.05, 4.69) is 5.73 Å². The molecule has 0 fully saturated rings. The summed E-state index contributed by atoms with van der Waals surface area (Å²) in [6, 6.07) is 0. The van der Waals surface area contributed by atoms with E-state index in [1.165, 1.54) is 0 Å². The van der Waals surface area contributed by atoms with Crippen molar-refractivity contribution >= 4 is 11.8 Å². The SMILES string of the molecule is C[C@](O)(C(N)=O)C(=O)NCC(F)(F)C(F)(F)F. The van der Waals surface area contributed by atoms with Crippen LogP contribution in [0, 0.1) is 0 Å². The molecule has 0 aromatic heterocycles. The Morgan fingerprint density at radius 1 is 1.24 bits per heavy atom. The molecule has 0 saturated heterocycles. The Hall–Kier alpha value is -1.45. The number of rotatable bonds is 4. The number of hydrogen-bond acceptors (Lipinski definition) is 3. The largest absolute Gasteiger partial charge is 0.455 e. The highest BCUT2D eigenvalue weighted by molar-refractivity contribution is 6.06. The van der Waals surface area contributed by atoms with Gasteiger partial charge in [-0.15, -0.1) is 0 Å². The van der Waals surface area contributed by atoms with Crippen molar-refractivity contribution in [3.63, 3.8) is 0 Å². The Morgan fingerprint density at radius 2 is 1.65 bits per heavy atom. The van der Waals surface area contributed by atoms with Crippen LogP contribution >= 0.6 is 0 Å². The van der Waals surface area contributed by atoms with Gasteiger partial charge < -0.3 is 16.2 Å². The lowest BCUT2D eigenvalue weighted by molar-refractivity contribution is -0.278. The molecule has 10 heteroatoms. The van der Waals surface area contributed by atoms with Crippen LogP contribution in [0.2, 0.25) is 0 Å². The summed E-state index contributed by atoms with van der Waals surface area (Å²) in [4.78, 5) is 21.4. The van der Waals surface area contributed by atoms with Crippen LogP contribution in [0.5, 0.6) is 0 Å². The van der Waals surface area contributed by atoms with E-state index in [0.29, 0.717) is 6.92 Å². The molecule has 0 saturated carbocycles. The second-order valence-electron chi connectivity index (χ2n) is 3.32. The van der Waals surface area contributed by atoms with Crippen LogP contribution in [0.3, 0.4) is 0 Å². The van der Waals surface area contributed by atoms with E-state index in [0.717, 1.165) is 5.32 Å². The normalized spacial score (nSPS) is 16.2. The lowest BCUT2D eigenvalue weighted by Gasteiger charge is -2.23. The molecule has 100 valence electrons. The van der Waals surface area contributed by atoms with Crippen molar-refractivity contribution in [2.24, 2.45) is 5.73 Å². The second-order valence-corrected chi connectivity index (χ2v) is 3.32. The van der Waals surface area contributed by atoms with Crippen LogP contribution in [0.4, 0.5) is 22.0 Å². The van der Waals surface area contributed by atoms with Crippen molar-refractivity contribution in [1.29, 1.82) is 0 Å². The Kier molecular flexibility index (Phi) is 4.05. The highest BCUT2D eigenvalue weighted by atomic mass is 19.4. The number of nitrogens with one attached hydrogen (secondary N) is 1. The molecule has 0 aliphatic heterocycles. The zero-order chi connectivity index (χ0) is 14.1. The summed E-state index contributed by atoms with van der Waals surface area (Å²) in [5.41, 5.74) is 1.68. The maximum Gasteiger partial charge on any atom is 0.455 e. The number of alkyl halides is 5. The predicted molar refractivity (Wildman–Crippen MR) is 43.8 cm³/mol. The average molecular weight is 264 g/mol. The fourth-order valence-electron chi connectivity index (χ4n) is 0.576. The third kappa shape index (κ3) is 3.51. The third-order valence-corrected chi connectivity index (χ3v) is 1.81. The van der Waals surface area contributed by atoms with Crippen LogP contribution in [0.15, 0.2) is 0 Å².